The van der Waals surface area contributed by atoms with Crippen molar-refractivity contribution in [2.45, 2.75) is 32.1 Å². The van der Waals surface area contributed by atoms with Crippen molar-refractivity contribution < 1.29 is 14.3 Å². The minimum Gasteiger partial charge on any atom is -0.452 e. The maximum Gasteiger partial charge on any atom is 0.340 e. The molecular formula is C17H19Cl2NO3. The number of carbonyl (C=O) groups excluding carboxylic acids is 2. The number of amides is 1. The predicted molar refractivity (Wildman–Crippen MR) is 90.9 cm³/mol. The average Bonchev–Trinajstić information content (AvgIpc) is 2.56. The van der Waals surface area contributed by atoms with E-state index in [1.807, 2.05) is 0 Å². The highest BCUT2D eigenvalue weighted by Gasteiger charge is 2.15. The Labute approximate surface area is 145 Å². The molecule has 0 unspecified atom stereocenters. The summed E-state index contributed by atoms with van der Waals surface area (Å²) >= 11 is 11.8. The van der Waals surface area contributed by atoms with Crippen LogP contribution < -0.4 is 5.32 Å². The number of hydrogen-bond donors (Lipinski definition) is 1. The van der Waals surface area contributed by atoms with Crippen LogP contribution in [0.4, 0.5) is 0 Å². The third-order valence-electron chi connectivity index (χ3n) is 3.66. The van der Waals surface area contributed by atoms with Gasteiger partial charge in [0.15, 0.2) is 6.61 Å². The van der Waals surface area contributed by atoms with Gasteiger partial charge in [-0.1, -0.05) is 40.9 Å². The molecule has 0 bridgehead atoms. The van der Waals surface area contributed by atoms with E-state index in [4.69, 9.17) is 27.9 Å². The van der Waals surface area contributed by atoms with Crippen LogP contribution in [0, 0.1) is 0 Å². The highest BCUT2D eigenvalue weighted by molar-refractivity contribution is 6.43. The third kappa shape index (κ3) is 5.56. The molecule has 0 spiro atoms. The van der Waals surface area contributed by atoms with Crippen LogP contribution in [0.25, 0.3) is 0 Å². The maximum absolute atomic E-state index is 11.9. The molecule has 1 amide bonds. The van der Waals surface area contributed by atoms with Crippen molar-refractivity contribution in [3.8, 4) is 0 Å². The first-order valence-electron chi connectivity index (χ1n) is 7.63. The van der Waals surface area contributed by atoms with Crippen LogP contribution in [0.3, 0.4) is 0 Å². The standard InChI is InChI=1S/C17H19Cl2NO3/c18-14-8-4-7-13(16(14)19)17(22)23-11-15(21)20-10-9-12-5-2-1-3-6-12/h4-5,7-8H,1-3,6,9-11H2,(H,20,21). The fourth-order valence-electron chi connectivity index (χ4n) is 2.42. The second-order valence-electron chi connectivity index (χ2n) is 5.39. The molecule has 1 aliphatic rings. The highest BCUT2D eigenvalue weighted by Crippen LogP contribution is 2.26. The van der Waals surface area contributed by atoms with E-state index in [9.17, 15) is 9.59 Å². The summed E-state index contributed by atoms with van der Waals surface area (Å²) < 4.78 is 4.96. The van der Waals surface area contributed by atoms with Gasteiger partial charge in [0.2, 0.25) is 0 Å². The molecule has 0 fully saturated rings. The smallest absolute Gasteiger partial charge is 0.340 e. The Morgan fingerprint density at radius 1 is 1.22 bits per heavy atom. The number of allylic oxidation sites excluding steroid dienone is 1. The van der Waals surface area contributed by atoms with E-state index < -0.39 is 5.97 Å². The van der Waals surface area contributed by atoms with Crippen LogP contribution in [0.5, 0.6) is 0 Å². The normalized spacial score (nSPS) is 14.1. The van der Waals surface area contributed by atoms with E-state index in [0.717, 1.165) is 19.3 Å². The molecule has 2 rings (SSSR count). The zero-order valence-electron chi connectivity index (χ0n) is 12.7. The lowest BCUT2D eigenvalue weighted by molar-refractivity contribution is -0.124. The van der Waals surface area contributed by atoms with Gasteiger partial charge in [-0.3, -0.25) is 4.79 Å². The average molecular weight is 356 g/mol. The van der Waals surface area contributed by atoms with E-state index >= 15 is 0 Å². The number of rotatable bonds is 6. The van der Waals surface area contributed by atoms with Crippen molar-refractivity contribution in [2.24, 2.45) is 0 Å². The second-order valence-corrected chi connectivity index (χ2v) is 6.17. The molecule has 0 saturated heterocycles. The molecule has 0 saturated carbocycles. The molecule has 23 heavy (non-hydrogen) atoms. The number of esters is 1. The molecule has 0 heterocycles. The van der Waals surface area contributed by atoms with Crippen LogP contribution in [0.1, 0.15) is 42.5 Å². The summed E-state index contributed by atoms with van der Waals surface area (Å²) in [6, 6.07) is 4.68. The lowest BCUT2D eigenvalue weighted by Gasteiger charge is -2.13. The summed E-state index contributed by atoms with van der Waals surface area (Å²) in [6.45, 7) is 0.223. The molecule has 1 aromatic rings. The summed E-state index contributed by atoms with van der Waals surface area (Å²) in [5.74, 6) is -0.990. The monoisotopic (exact) mass is 355 g/mol. The number of nitrogens with one attached hydrogen (secondary N) is 1. The summed E-state index contributed by atoms with van der Waals surface area (Å²) in [5, 5.41) is 3.15. The van der Waals surface area contributed by atoms with Crippen molar-refractivity contribution in [1.82, 2.24) is 5.32 Å². The van der Waals surface area contributed by atoms with E-state index in [1.54, 1.807) is 12.1 Å². The topological polar surface area (TPSA) is 55.4 Å². The van der Waals surface area contributed by atoms with Gasteiger partial charge in [0.25, 0.3) is 5.91 Å². The molecule has 0 radical (unpaired) electrons. The summed E-state index contributed by atoms with van der Waals surface area (Å²) in [6.07, 6.45) is 7.80. The summed E-state index contributed by atoms with van der Waals surface area (Å²) in [4.78, 5) is 23.6. The highest BCUT2D eigenvalue weighted by atomic mass is 35.5. The Bertz CT molecular complexity index is 614. The first kappa shape index (κ1) is 17.8. The Morgan fingerprint density at radius 2 is 2.04 bits per heavy atom. The SMILES string of the molecule is O=C(COC(=O)c1cccc(Cl)c1Cl)NCCC1=CCCCC1. The fraction of sp³-hybridized carbons (Fsp3) is 0.412. The predicted octanol–water partition coefficient (Wildman–Crippen LogP) is 4.16. The maximum atomic E-state index is 11.9. The lowest BCUT2D eigenvalue weighted by Crippen LogP contribution is -2.30. The Kier molecular flexibility index (Phi) is 6.93. The number of benzene rings is 1. The van der Waals surface area contributed by atoms with Gasteiger partial charge < -0.3 is 10.1 Å². The van der Waals surface area contributed by atoms with Crippen molar-refractivity contribution in [3.05, 3.63) is 45.5 Å². The molecule has 0 atom stereocenters. The quantitative estimate of drug-likeness (QED) is 0.615. The third-order valence-corrected chi connectivity index (χ3v) is 4.48. The fourth-order valence-corrected chi connectivity index (χ4v) is 2.79. The number of hydrogen-bond acceptors (Lipinski definition) is 3. The van der Waals surface area contributed by atoms with Crippen LogP contribution in [0.15, 0.2) is 29.8 Å². The van der Waals surface area contributed by atoms with Gasteiger partial charge in [-0.2, -0.15) is 0 Å². The molecule has 4 nitrogen and oxygen atoms in total. The summed E-state index contributed by atoms with van der Waals surface area (Å²) in [5.41, 5.74) is 1.54. The molecule has 124 valence electrons. The lowest BCUT2D eigenvalue weighted by atomic mass is 9.97. The van der Waals surface area contributed by atoms with Gasteiger partial charge in [0.1, 0.15) is 0 Å². The molecule has 1 aliphatic carbocycles. The van der Waals surface area contributed by atoms with Gasteiger partial charge in [0.05, 0.1) is 15.6 Å². The van der Waals surface area contributed by atoms with Gasteiger partial charge >= 0.3 is 5.97 Å². The van der Waals surface area contributed by atoms with Crippen molar-refractivity contribution >= 4 is 35.1 Å². The van der Waals surface area contributed by atoms with Crippen molar-refractivity contribution in [2.75, 3.05) is 13.2 Å². The Balaban J connectivity index is 1.72. The van der Waals surface area contributed by atoms with Gasteiger partial charge in [-0.05, 0) is 44.2 Å². The minimum atomic E-state index is -0.664. The van der Waals surface area contributed by atoms with Crippen molar-refractivity contribution in [1.29, 1.82) is 0 Å². The molecule has 1 N–H and O–H groups in total. The zero-order chi connectivity index (χ0) is 16.7. The molecule has 6 heteroatoms. The zero-order valence-corrected chi connectivity index (χ0v) is 14.3. The minimum absolute atomic E-state index is 0.129. The Morgan fingerprint density at radius 3 is 2.78 bits per heavy atom. The van der Waals surface area contributed by atoms with Crippen LogP contribution in [-0.2, 0) is 9.53 Å². The van der Waals surface area contributed by atoms with E-state index in [1.165, 1.54) is 24.5 Å². The van der Waals surface area contributed by atoms with E-state index in [-0.39, 0.29) is 28.1 Å². The van der Waals surface area contributed by atoms with Crippen LogP contribution >= 0.6 is 23.2 Å². The van der Waals surface area contributed by atoms with E-state index in [2.05, 4.69) is 11.4 Å². The second kappa shape index (κ2) is 8.94. The van der Waals surface area contributed by atoms with Gasteiger partial charge in [-0.15, -0.1) is 0 Å². The Hall–Kier alpha value is -1.52. The molecule has 0 aromatic heterocycles. The number of carbonyl (C=O) groups is 2. The largest absolute Gasteiger partial charge is 0.452 e. The van der Waals surface area contributed by atoms with Gasteiger partial charge in [0, 0.05) is 6.54 Å². The molecular weight excluding hydrogens is 337 g/mol. The number of halogens is 2. The van der Waals surface area contributed by atoms with Gasteiger partial charge in [-0.25, -0.2) is 4.79 Å². The van der Waals surface area contributed by atoms with Crippen LogP contribution in [-0.4, -0.2) is 25.0 Å². The summed E-state index contributed by atoms with van der Waals surface area (Å²) in [7, 11) is 0. The molecule has 1 aromatic carbocycles. The number of ether oxygens (including phenoxy) is 1. The molecule has 0 aliphatic heterocycles. The van der Waals surface area contributed by atoms with Crippen molar-refractivity contribution in [3.63, 3.8) is 0 Å². The van der Waals surface area contributed by atoms with Crippen LogP contribution in [0.2, 0.25) is 10.0 Å². The first-order chi connectivity index (χ1) is 11.1. The van der Waals surface area contributed by atoms with E-state index in [0.29, 0.717) is 6.54 Å². The first-order valence-corrected chi connectivity index (χ1v) is 8.39.